The van der Waals surface area contributed by atoms with Gasteiger partial charge in [0, 0.05) is 17.2 Å². The van der Waals surface area contributed by atoms with E-state index in [0.29, 0.717) is 33.2 Å². The summed E-state index contributed by atoms with van der Waals surface area (Å²) in [5, 5.41) is 20.6. The molecule has 0 aliphatic carbocycles. The average molecular weight is 308 g/mol. The molecule has 0 aliphatic rings. The molecule has 0 atom stereocenters. The van der Waals surface area contributed by atoms with Crippen LogP contribution in [0, 0.1) is 24.0 Å². The molecule has 0 radical (unpaired) electrons. The van der Waals surface area contributed by atoms with Crippen molar-refractivity contribution in [2.75, 3.05) is 0 Å². The van der Waals surface area contributed by atoms with Crippen molar-refractivity contribution >= 4 is 17.3 Å². The van der Waals surface area contributed by atoms with Crippen LogP contribution in [0.4, 0.5) is 5.69 Å². The molecule has 6 heteroatoms. The summed E-state index contributed by atoms with van der Waals surface area (Å²) in [5.74, 6) is 0.832. The number of nitro groups is 1. The molecule has 21 heavy (non-hydrogen) atoms. The van der Waals surface area contributed by atoms with E-state index in [-0.39, 0.29) is 12.3 Å². The number of ether oxygens (including phenoxy) is 1. The van der Waals surface area contributed by atoms with E-state index in [2.05, 4.69) is 0 Å². The van der Waals surface area contributed by atoms with Gasteiger partial charge in [-0.05, 0) is 31.5 Å². The van der Waals surface area contributed by atoms with Crippen molar-refractivity contribution in [2.45, 2.75) is 20.5 Å². The van der Waals surface area contributed by atoms with E-state index in [4.69, 9.17) is 16.3 Å². The van der Waals surface area contributed by atoms with Gasteiger partial charge in [-0.2, -0.15) is 0 Å². The zero-order valence-corrected chi connectivity index (χ0v) is 12.3. The minimum absolute atomic E-state index is 0.0430. The van der Waals surface area contributed by atoms with E-state index in [1.165, 1.54) is 6.07 Å². The zero-order chi connectivity index (χ0) is 15.6. The van der Waals surface area contributed by atoms with Gasteiger partial charge in [-0.25, -0.2) is 0 Å². The van der Waals surface area contributed by atoms with Gasteiger partial charge in [0.2, 0.25) is 0 Å². The number of rotatable bonds is 4. The number of benzene rings is 2. The van der Waals surface area contributed by atoms with Crippen molar-refractivity contribution in [3.8, 4) is 11.5 Å². The Morgan fingerprint density at radius 3 is 2.62 bits per heavy atom. The molecule has 0 aromatic heterocycles. The van der Waals surface area contributed by atoms with Crippen LogP contribution >= 0.6 is 11.6 Å². The number of aryl methyl sites for hydroxylation is 2. The highest BCUT2D eigenvalue weighted by atomic mass is 35.5. The maximum Gasteiger partial charge on any atom is 0.272 e. The average Bonchev–Trinajstić information content (AvgIpc) is 2.44. The summed E-state index contributed by atoms with van der Waals surface area (Å²) in [6.07, 6.45) is 0. The Labute approximate surface area is 126 Å². The molecule has 1 N–H and O–H groups in total. The van der Waals surface area contributed by atoms with Crippen LogP contribution in [0.5, 0.6) is 11.5 Å². The van der Waals surface area contributed by atoms with E-state index in [0.717, 1.165) is 0 Å². The minimum Gasteiger partial charge on any atom is -0.455 e. The van der Waals surface area contributed by atoms with Gasteiger partial charge in [0.1, 0.15) is 5.75 Å². The highest BCUT2D eigenvalue weighted by molar-refractivity contribution is 6.32. The van der Waals surface area contributed by atoms with E-state index >= 15 is 0 Å². The van der Waals surface area contributed by atoms with Crippen LogP contribution in [-0.4, -0.2) is 10.0 Å². The Hall–Kier alpha value is -2.11. The molecule has 5 nitrogen and oxygen atoms in total. The van der Waals surface area contributed by atoms with E-state index in [1.807, 2.05) is 0 Å². The van der Waals surface area contributed by atoms with Gasteiger partial charge in [-0.15, -0.1) is 0 Å². The van der Waals surface area contributed by atoms with Crippen molar-refractivity contribution in [2.24, 2.45) is 0 Å². The molecular formula is C15H14ClNO4. The quantitative estimate of drug-likeness (QED) is 0.680. The van der Waals surface area contributed by atoms with Crippen molar-refractivity contribution in [3.63, 3.8) is 0 Å². The third-order valence-electron chi connectivity index (χ3n) is 3.12. The van der Waals surface area contributed by atoms with Crippen LogP contribution in [0.2, 0.25) is 5.02 Å². The molecule has 110 valence electrons. The van der Waals surface area contributed by atoms with Crippen LogP contribution in [-0.2, 0) is 6.61 Å². The normalized spacial score (nSPS) is 10.5. The predicted molar refractivity (Wildman–Crippen MR) is 80.0 cm³/mol. The molecular weight excluding hydrogens is 294 g/mol. The first kappa shape index (κ1) is 15.3. The lowest BCUT2D eigenvalue weighted by Crippen LogP contribution is -1.97. The number of aliphatic hydroxyl groups excluding tert-OH is 1. The first-order valence-corrected chi connectivity index (χ1v) is 6.63. The Bertz CT molecular complexity index is 700. The van der Waals surface area contributed by atoms with Crippen molar-refractivity contribution in [3.05, 3.63) is 62.2 Å². The molecule has 0 heterocycles. The van der Waals surface area contributed by atoms with Crippen LogP contribution < -0.4 is 4.74 Å². The molecule has 2 aromatic carbocycles. The summed E-state index contributed by atoms with van der Waals surface area (Å²) in [7, 11) is 0. The van der Waals surface area contributed by atoms with Crippen LogP contribution in [0.1, 0.15) is 16.7 Å². The lowest BCUT2D eigenvalue weighted by atomic mass is 10.1. The maximum absolute atomic E-state index is 10.9. The number of nitrogens with zero attached hydrogens (tertiary/aromatic N) is 1. The third-order valence-corrected chi connectivity index (χ3v) is 3.42. The molecule has 2 aromatic rings. The van der Waals surface area contributed by atoms with Crippen LogP contribution in [0.25, 0.3) is 0 Å². The molecule has 0 saturated heterocycles. The van der Waals surface area contributed by atoms with E-state index < -0.39 is 4.92 Å². The predicted octanol–water partition coefficient (Wildman–Crippen LogP) is 4.15. The fraction of sp³-hybridized carbons (Fsp3) is 0.200. The first-order chi connectivity index (χ1) is 9.93. The van der Waals surface area contributed by atoms with Crippen LogP contribution in [0.3, 0.4) is 0 Å². The van der Waals surface area contributed by atoms with E-state index in [9.17, 15) is 15.2 Å². The fourth-order valence-electron chi connectivity index (χ4n) is 1.98. The number of halogens is 1. The summed E-state index contributed by atoms with van der Waals surface area (Å²) in [6.45, 7) is 3.15. The standard InChI is InChI=1S/C15H14ClNO4/c1-9-7-14(10(2)6-13(9)17(19)20)21-15-11(8-18)4-3-5-12(15)16/h3-7,18H,8H2,1-2H3. The molecule has 0 unspecified atom stereocenters. The Morgan fingerprint density at radius 2 is 2.00 bits per heavy atom. The summed E-state index contributed by atoms with van der Waals surface area (Å²) < 4.78 is 5.76. The number of aliphatic hydroxyl groups is 1. The molecule has 0 saturated carbocycles. The minimum atomic E-state index is -0.430. The second-order valence-corrected chi connectivity index (χ2v) is 5.06. The van der Waals surface area contributed by atoms with Gasteiger partial charge in [0.25, 0.3) is 5.69 Å². The van der Waals surface area contributed by atoms with Gasteiger partial charge in [-0.3, -0.25) is 10.1 Å². The Balaban J connectivity index is 2.46. The highest BCUT2D eigenvalue weighted by Gasteiger charge is 2.16. The Kier molecular flexibility index (Phi) is 4.45. The van der Waals surface area contributed by atoms with E-state index in [1.54, 1.807) is 38.1 Å². The summed E-state index contributed by atoms with van der Waals surface area (Å²) >= 11 is 6.09. The lowest BCUT2D eigenvalue weighted by molar-refractivity contribution is -0.385. The number of hydrogen-bond acceptors (Lipinski definition) is 4. The summed E-state index contributed by atoms with van der Waals surface area (Å²) in [5.41, 5.74) is 1.72. The summed E-state index contributed by atoms with van der Waals surface area (Å²) in [4.78, 5) is 10.5. The van der Waals surface area contributed by atoms with Gasteiger partial charge < -0.3 is 9.84 Å². The van der Waals surface area contributed by atoms with Gasteiger partial charge >= 0.3 is 0 Å². The van der Waals surface area contributed by atoms with Gasteiger partial charge in [-0.1, -0.05) is 23.7 Å². The SMILES string of the molecule is Cc1cc([N+](=O)[O-])c(C)cc1Oc1c(Cl)cccc1CO. The third kappa shape index (κ3) is 3.15. The topological polar surface area (TPSA) is 72.6 Å². The second kappa shape index (κ2) is 6.11. The molecule has 0 amide bonds. The number of para-hydroxylation sites is 1. The largest absolute Gasteiger partial charge is 0.455 e. The van der Waals surface area contributed by atoms with Crippen molar-refractivity contribution in [1.29, 1.82) is 0 Å². The van der Waals surface area contributed by atoms with Crippen molar-refractivity contribution in [1.82, 2.24) is 0 Å². The lowest BCUT2D eigenvalue weighted by Gasteiger charge is -2.14. The maximum atomic E-state index is 10.9. The number of hydrogen-bond donors (Lipinski definition) is 1. The second-order valence-electron chi connectivity index (χ2n) is 4.65. The van der Waals surface area contributed by atoms with Gasteiger partial charge in [0.05, 0.1) is 16.6 Å². The molecule has 0 bridgehead atoms. The molecule has 0 aliphatic heterocycles. The molecule has 2 rings (SSSR count). The summed E-state index contributed by atoms with van der Waals surface area (Å²) in [6, 6.07) is 8.13. The highest BCUT2D eigenvalue weighted by Crippen LogP contribution is 2.36. The van der Waals surface area contributed by atoms with Crippen molar-refractivity contribution < 1.29 is 14.8 Å². The molecule has 0 fully saturated rings. The first-order valence-electron chi connectivity index (χ1n) is 6.25. The van der Waals surface area contributed by atoms with Gasteiger partial charge in [0.15, 0.2) is 5.75 Å². The molecule has 0 spiro atoms. The van der Waals surface area contributed by atoms with Crippen LogP contribution in [0.15, 0.2) is 30.3 Å². The monoisotopic (exact) mass is 307 g/mol. The number of nitro benzene ring substituents is 1. The smallest absolute Gasteiger partial charge is 0.272 e. The Morgan fingerprint density at radius 1 is 1.29 bits per heavy atom. The fourth-order valence-corrected chi connectivity index (χ4v) is 2.22. The zero-order valence-electron chi connectivity index (χ0n) is 11.6.